The molecule has 0 aliphatic carbocycles. The Hall–Kier alpha value is -0.940. The van der Waals surface area contributed by atoms with Gasteiger partial charge in [0.15, 0.2) is 0 Å². The molecule has 0 radical (unpaired) electrons. The molecule has 5 heteroatoms. The number of nitrogens with zero attached hydrogens (tertiary/aromatic N) is 2. The molecule has 0 atom stereocenters. The molecule has 0 saturated heterocycles. The van der Waals surface area contributed by atoms with Crippen LogP contribution in [0.2, 0.25) is 0 Å². The summed E-state index contributed by atoms with van der Waals surface area (Å²) in [5.74, 6) is -0.0118. The Balaban J connectivity index is 2.46. The van der Waals surface area contributed by atoms with E-state index < -0.39 is 0 Å². The Morgan fingerprint density at radius 2 is 2.05 bits per heavy atom. The lowest BCUT2D eigenvalue weighted by Crippen LogP contribution is -2.12. The van der Waals surface area contributed by atoms with E-state index in [1.54, 1.807) is 10.9 Å². The first-order valence-electron chi connectivity index (χ1n) is 6.06. The minimum atomic E-state index is -0.0118. The van der Waals surface area contributed by atoms with Crippen molar-refractivity contribution in [3.05, 3.63) is 50.2 Å². The van der Waals surface area contributed by atoms with Gasteiger partial charge in [0.2, 0.25) is 5.78 Å². The number of aryl methyl sites for hydroxylation is 2. The maximum atomic E-state index is 12.6. The number of rotatable bonds is 4. The molecule has 0 aliphatic heterocycles. The first kappa shape index (κ1) is 14.5. The quantitative estimate of drug-likeness (QED) is 0.733. The van der Waals surface area contributed by atoms with Gasteiger partial charge in [-0.3, -0.25) is 9.48 Å². The van der Waals surface area contributed by atoms with Gasteiger partial charge in [-0.2, -0.15) is 5.10 Å². The minimum Gasteiger partial charge on any atom is -0.287 e. The molecule has 3 nitrogen and oxygen atoms in total. The number of carbonyl (C=O) groups is 1. The normalized spacial score (nSPS) is 10.7. The largest absolute Gasteiger partial charge is 0.287 e. The summed E-state index contributed by atoms with van der Waals surface area (Å²) < 4.78 is 3.40. The molecule has 0 spiro atoms. The fourth-order valence-electron chi connectivity index (χ4n) is 1.97. The summed E-state index contributed by atoms with van der Waals surface area (Å²) in [6.45, 7) is 4.77. The predicted molar refractivity (Wildman–Crippen MR) is 82.5 cm³/mol. The molecule has 2 rings (SSSR count). The second-order valence-electron chi connectivity index (χ2n) is 4.41. The summed E-state index contributed by atoms with van der Waals surface area (Å²) in [7, 11) is 0. The van der Waals surface area contributed by atoms with Gasteiger partial charge < -0.3 is 0 Å². The van der Waals surface area contributed by atoms with Crippen molar-refractivity contribution >= 4 is 37.6 Å². The molecular weight excluding hydrogens is 372 g/mol. The van der Waals surface area contributed by atoms with Crippen molar-refractivity contribution in [3.8, 4) is 0 Å². The van der Waals surface area contributed by atoms with E-state index >= 15 is 0 Å². The lowest BCUT2D eigenvalue weighted by atomic mass is 10.1. The highest BCUT2D eigenvalue weighted by Gasteiger charge is 2.19. The van der Waals surface area contributed by atoms with Gasteiger partial charge in [0.1, 0.15) is 5.69 Å². The third-order valence-corrected chi connectivity index (χ3v) is 3.79. The van der Waals surface area contributed by atoms with E-state index in [0.29, 0.717) is 11.3 Å². The number of benzene rings is 1. The van der Waals surface area contributed by atoms with E-state index in [-0.39, 0.29) is 5.78 Å². The average Bonchev–Trinajstić information content (AvgIpc) is 2.69. The monoisotopic (exact) mass is 384 g/mol. The van der Waals surface area contributed by atoms with Crippen molar-refractivity contribution in [3.63, 3.8) is 0 Å². The Bertz CT molecular complexity index is 600. The molecule has 1 aromatic heterocycles. The first-order valence-corrected chi connectivity index (χ1v) is 7.64. The van der Waals surface area contributed by atoms with Gasteiger partial charge in [0.05, 0.1) is 10.7 Å². The molecule has 2 aromatic rings. The molecule has 0 N–H and O–H groups in total. The van der Waals surface area contributed by atoms with Crippen LogP contribution in [-0.2, 0) is 6.54 Å². The summed E-state index contributed by atoms with van der Waals surface area (Å²) in [5, 5.41) is 4.23. The second kappa shape index (κ2) is 6.01. The zero-order valence-corrected chi connectivity index (χ0v) is 14.0. The average molecular weight is 386 g/mol. The number of hydrogen-bond donors (Lipinski definition) is 0. The van der Waals surface area contributed by atoms with Crippen LogP contribution in [0.15, 0.2) is 33.3 Å². The van der Waals surface area contributed by atoms with Gasteiger partial charge in [-0.15, -0.1) is 0 Å². The maximum Gasteiger partial charge on any atom is 0.212 e. The molecule has 0 unspecified atom stereocenters. The molecule has 0 bridgehead atoms. The van der Waals surface area contributed by atoms with Crippen LogP contribution in [-0.4, -0.2) is 15.6 Å². The summed E-state index contributed by atoms with van der Waals surface area (Å²) in [6, 6.07) is 5.71. The van der Waals surface area contributed by atoms with Crippen LogP contribution in [0.1, 0.15) is 35.0 Å². The highest BCUT2D eigenvalue weighted by atomic mass is 79.9. The van der Waals surface area contributed by atoms with Crippen LogP contribution in [0, 0.1) is 6.92 Å². The number of carbonyl (C=O) groups excluding carboxylic acids is 1. The molecule has 0 fully saturated rings. The van der Waals surface area contributed by atoms with Crippen LogP contribution >= 0.6 is 31.9 Å². The van der Waals surface area contributed by atoms with Crippen LogP contribution < -0.4 is 0 Å². The molecule has 0 amide bonds. The Morgan fingerprint density at radius 3 is 2.68 bits per heavy atom. The van der Waals surface area contributed by atoms with Crippen molar-refractivity contribution in [2.75, 3.05) is 0 Å². The zero-order chi connectivity index (χ0) is 14.0. The van der Waals surface area contributed by atoms with Gasteiger partial charge in [0.25, 0.3) is 0 Å². The fourth-order valence-corrected chi connectivity index (χ4v) is 3.06. The molecular formula is C14H14Br2N2O. The molecule has 19 heavy (non-hydrogen) atoms. The smallest absolute Gasteiger partial charge is 0.212 e. The zero-order valence-electron chi connectivity index (χ0n) is 10.8. The van der Waals surface area contributed by atoms with Crippen molar-refractivity contribution in [1.29, 1.82) is 0 Å². The highest BCUT2D eigenvalue weighted by molar-refractivity contribution is 9.10. The number of halogens is 2. The van der Waals surface area contributed by atoms with Crippen molar-refractivity contribution in [2.45, 2.75) is 26.8 Å². The van der Waals surface area contributed by atoms with Crippen molar-refractivity contribution < 1.29 is 4.79 Å². The second-order valence-corrected chi connectivity index (χ2v) is 6.18. The molecule has 1 aromatic carbocycles. The highest BCUT2D eigenvalue weighted by Crippen LogP contribution is 2.23. The summed E-state index contributed by atoms with van der Waals surface area (Å²) in [4.78, 5) is 12.6. The van der Waals surface area contributed by atoms with Gasteiger partial charge in [-0.05, 0) is 53.0 Å². The summed E-state index contributed by atoms with van der Waals surface area (Å²) >= 11 is 6.83. The standard InChI is InChI=1S/C14H14Br2N2O/c1-3-4-18-13(12(16)8-17-18)14(19)10-5-9(2)6-11(15)7-10/h5-8H,3-4H2,1-2H3. The van der Waals surface area contributed by atoms with Crippen LogP contribution in [0.5, 0.6) is 0 Å². The number of hydrogen-bond acceptors (Lipinski definition) is 2. The molecule has 100 valence electrons. The number of aromatic nitrogens is 2. The summed E-state index contributed by atoms with van der Waals surface area (Å²) in [5.41, 5.74) is 2.33. The van der Waals surface area contributed by atoms with Crippen LogP contribution in [0.4, 0.5) is 0 Å². The Labute approximate surface area is 129 Å². The first-order chi connectivity index (χ1) is 9.02. The Morgan fingerprint density at radius 1 is 1.32 bits per heavy atom. The van der Waals surface area contributed by atoms with Crippen LogP contribution in [0.25, 0.3) is 0 Å². The lowest BCUT2D eigenvalue weighted by molar-refractivity contribution is 0.102. The molecule has 1 heterocycles. The number of ketones is 1. The van der Waals surface area contributed by atoms with Gasteiger partial charge in [0, 0.05) is 16.6 Å². The van der Waals surface area contributed by atoms with Crippen molar-refractivity contribution in [2.24, 2.45) is 0 Å². The van der Waals surface area contributed by atoms with E-state index in [1.807, 2.05) is 25.1 Å². The van der Waals surface area contributed by atoms with E-state index in [9.17, 15) is 4.79 Å². The lowest BCUT2D eigenvalue weighted by Gasteiger charge is -2.07. The topological polar surface area (TPSA) is 34.9 Å². The third kappa shape index (κ3) is 3.15. The van der Waals surface area contributed by atoms with E-state index in [4.69, 9.17) is 0 Å². The van der Waals surface area contributed by atoms with Gasteiger partial charge >= 0.3 is 0 Å². The van der Waals surface area contributed by atoms with E-state index in [2.05, 4.69) is 43.9 Å². The van der Waals surface area contributed by atoms with E-state index in [0.717, 1.165) is 27.5 Å². The predicted octanol–water partition coefficient (Wildman–Crippen LogP) is 4.36. The van der Waals surface area contributed by atoms with Gasteiger partial charge in [-0.1, -0.05) is 22.9 Å². The minimum absolute atomic E-state index is 0.0118. The third-order valence-electron chi connectivity index (χ3n) is 2.75. The molecule has 0 aliphatic rings. The maximum absolute atomic E-state index is 12.6. The SMILES string of the molecule is CCCn1ncc(Br)c1C(=O)c1cc(C)cc(Br)c1. The van der Waals surface area contributed by atoms with E-state index in [1.165, 1.54) is 0 Å². The van der Waals surface area contributed by atoms with Gasteiger partial charge in [-0.25, -0.2) is 0 Å². The fraction of sp³-hybridized carbons (Fsp3) is 0.286. The van der Waals surface area contributed by atoms with Crippen LogP contribution in [0.3, 0.4) is 0 Å². The summed E-state index contributed by atoms with van der Waals surface area (Å²) in [6.07, 6.45) is 2.61. The van der Waals surface area contributed by atoms with Crippen molar-refractivity contribution in [1.82, 2.24) is 9.78 Å². The molecule has 0 saturated carbocycles. The Kier molecular flexibility index (Phi) is 4.58.